The molecule has 0 spiro atoms. The molecule has 1 atom stereocenters. The van der Waals surface area contributed by atoms with Crippen LogP contribution in [0.3, 0.4) is 0 Å². The third-order valence-corrected chi connectivity index (χ3v) is 4.53. The van der Waals surface area contributed by atoms with Gasteiger partial charge in [-0.2, -0.15) is 0 Å². The summed E-state index contributed by atoms with van der Waals surface area (Å²) in [5.74, 6) is -1.00. The summed E-state index contributed by atoms with van der Waals surface area (Å²) in [5, 5.41) is 5.64. The first-order chi connectivity index (χ1) is 13.1. The highest BCUT2D eigenvalue weighted by Crippen LogP contribution is 2.26. The Morgan fingerprint density at radius 3 is 2.52 bits per heavy atom. The number of para-hydroxylation sites is 2. The number of amides is 3. The van der Waals surface area contributed by atoms with Crippen molar-refractivity contribution in [2.24, 2.45) is 5.92 Å². The summed E-state index contributed by atoms with van der Waals surface area (Å²) in [7, 11) is 0. The summed E-state index contributed by atoms with van der Waals surface area (Å²) < 4.78 is 0. The fraction of sp³-hybridized carbons (Fsp3) is 0.286. The zero-order valence-corrected chi connectivity index (χ0v) is 15.3. The smallest absolute Gasteiger partial charge is 0.253 e. The summed E-state index contributed by atoms with van der Waals surface area (Å²) >= 11 is 0. The molecule has 0 bridgehead atoms. The second kappa shape index (κ2) is 8.49. The molecule has 6 nitrogen and oxygen atoms in total. The van der Waals surface area contributed by atoms with Crippen LogP contribution in [0.15, 0.2) is 54.6 Å². The van der Waals surface area contributed by atoms with E-state index in [0.717, 1.165) is 12.1 Å². The van der Waals surface area contributed by atoms with Crippen LogP contribution in [0.4, 0.5) is 11.4 Å². The second-order valence-corrected chi connectivity index (χ2v) is 6.53. The van der Waals surface area contributed by atoms with Gasteiger partial charge in [0, 0.05) is 25.2 Å². The van der Waals surface area contributed by atoms with Gasteiger partial charge in [-0.15, -0.1) is 0 Å². The molecule has 0 aliphatic carbocycles. The van der Waals surface area contributed by atoms with Crippen molar-refractivity contribution in [3.63, 3.8) is 0 Å². The topological polar surface area (TPSA) is 78.5 Å². The van der Waals surface area contributed by atoms with E-state index < -0.39 is 5.92 Å². The molecule has 1 saturated heterocycles. The first-order valence-corrected chi connectivity index (χ1v) is 9.13. The van der Waals surface area contributed by atoms with E-state index in [-0.39, 0.29) is 24.1 Å². The van der Waals surface area contributed by atoms with Crippen LogP contribution in [0.25, 0.3) is 0 Å². The van der Waals surface area contributed by atoms with E-state index in [1.165, 1.54) is 0 Å². The number of nitrogens with zero attached hydrogens (tertiary/aromatic N) is 1. The van der Waals surface area contributed by atoms with Gasteiger partial charge in [0.1, 0.15) is 0 Å². The highest BCUT2D eigenvalue weighted by molar-refractivity contribution is 6.07. The quantitative estimate of drug-likeness (QED) is 0.826. The molecular weight excluding hydrogens is 342 g/mol. The average Bonchev–Trinajstić information content (AvgIpc) is 3.09. The Bertz CT molecular complexity index is 836. The van der Waals surface area contributed by atoms with Gasteiger partial charge in [0.05, 0.1) is 17.2 Å². The predicted molar refractivity (Wildman–Crippen MR) is 105 cm³/mol. The first-order valence-electron chi connectivity index (χ1n) is 9.13. The Morgan fingerprint density at radius 2 is 1.78 bits per heavy atom. The predicted octanol–water partition coefficient (Wildman–Crippen LogP) is 2.82. The summed E-state index contributed by atoms with van der Waals surface area (Å²) in [6.45, 7) is 2.88. The Labute approximate surface area is 158 Å². The van der Waals surface area contributed by atoms with Crippen molar-refractivity contribution in [2.45, 2.75) is 19.8 Å². The van der Waals surface area contributed by atoms with Crippen LogP contribution in [0.1, 0.15) is 30.1 Å². The highest BCUT2D eigenvalue weighted by atomic mass is 16.2. The van der Waals surface area contributed by atoms with Crippen molar-refractivity contribution < 1.29 is 14.4 Å². The van der Waals surface area contributed by atoms with E-state index in [9.17, 15) is 14.4 Å². The van der Waals surface area contributed by atoms with Gasteiger partial charge >= 0.3 is 0 Å². The van der Waals surface area contributed by atoms with Crippen molar-refractivity contribution in [3.05, 3.63) is 60.2 Å². The van der Waals surface area contributed by atoms with Crippen molar-refractivity contribution in [2.75, 3.05) is 23.3 Å². The lowest BCUT2D eigenvalue weighted by Crippen LogP contribution is -2.29. The molecule has 1 fully saturated rings. The molecule has 6 heteroatoms. The molecule has 2 aromatic rings. The minimum absolute atomic E-state index is 0.0738. The van der Waals surface area contributed by atoms with Crippen LogP contribution in [-0.2, 0) is 9.59 Å². The molecule has 1 heterocycles. The van der Waals surface area contributed by atoms with E-state index in [1.807, 2.05) is 37.3 Å². The number of anilines is 2. The first kappa shape index (κ1) is 18.6. The SMILES string of the molecule is CCCNC(=O)c1ccccc1NC(=O)[C@@H]1CC(=O)N(c2ccccc2)C1. The molecule has 0 unspecified atom stereocenters. The number of hydrogen-bond acceptors (Lipinski definition) is 3. The molecule has 0 radical (unpaired) electrons. The second-order valence-electron chi connectivity index (χ2n) is 6.53. The number of nitrogens with one attached hydrogen (secondary N) is 2. The monoisotopic (exact) mass is 365 g/mol. The molecule has 2 aromatic carbocycles. The summed E-state index contributed by atoms with van der Waals surface area (Å²) in [4.78, 5) is 38.9. The molecule has 3 rings (SSSR count). The maximum absolute atomic E-state index is 12.7. The Balaban J connectivity index is 1.70. The molecule has 1 aliphatic heterocycles. The standard InChI is InChI=1S/C21H23N3O3/c1-2-12-22-21(27)17-10-6-7-11-18(17)23-20(26)15-13-19(25)24(14-15)16-8-4-3-5-9-16/h3-11,15H,2,12-14H2,1H3,(H,22,27)(H,23,26)/t15-/m1/s1. The molecule has 140 valence electrons. The van der Waals surface area contributed by atoms with E-state index in [0.29, 0.717) is 24.3 Å². The summed E-state index contributed by atoms with van der Waals surface area (Å²) in [6, 6.07) is 16.2. The minimum atomic E-state index is -0.454. The number of rotatable bonds is 6. The maximum Gasteiger partial charge on any atom is 0.253 e. The fourth-order valence-electron chi connectivity index (χ4n) is 3.10. The van der Waals surface area contributed by atoms with Gasteiger partial charge in [0.15, 0.2) is 0 Å². The Morgan fingerprint density at radius 1 is 1.07 bits per heavy atom. The van der Waals surface area contributed by atoms with Crippen molar-refractivity contribution in [1.82, 2.24) is 5.32 Å². The summed E-state index contributed by atoms with van der Waals surface area (Å²) in [5.41, 5.74) is 1.67. The van der Waals surface area contributed by atoms with Gasteiger partial charge in [-0.25, -0.2) is 0 Å². The molecule has 3 amide bonds. The number of benzene rings is 2. The lowest BCUT2D eigenvalue weighted by atomic mass is 10.1. The van der Waals surface area contributed by atoms with E-state index in [2.05, 4.69) is 10.6 Å². The molecule has 0 aromatic heterocycles. The van der Waals surface area contributed by atoms with Crippen molar-refractivity contribution in [1.29, 1.82) is 0 Å². The number of carbonyl (C=O) groups excluding carboxylic acids is 3. The van der Waals surface area contributed by atoms with Crippen molar-refractivity contribution in [3.8, 4) is 0 Å². The zero-order chi connectivity index (χ0) is 19.2. The van der Waals surface area contributed by atoms with Crippen LogP contribution in [-0.4, -0.2) is 30.8 Å². The van der Waals surface area contributed by atoms with Crippen LogP contribution >= 0.6 is 0 Å². The fourth-order valence-corrected chi connectivity index (χ4v) is 3.10. The summed E-state index contributed by atoms with van der Waals surface area (Å²) in [6.07, 6.45) is 0.991. The van der Waals surface area contributed by atoms with E-state index in [4.69, 9.17) is 0 Å². The van der Waals surface area contributed by atoms with Gasteiger partial charge in [-0.05, 0) is 30.7 Å². The third kappa shape index (κ3) is 4.34. The van der Waals surface area contributed by atoms with Crippen LogP contribution < -0.4 is 15.5 Å². The van der Waals surface area contributed by atoms with Gasteiger partial charge in [0.2, 0.25) is 11.8 Å². The molecule has 27 heavy (non-hydrogen) atoms. The molecule has 0 saturated carbocycles. The van der Waals surface area contributed by atoms with Gasteiger partial charge in [-0.3, -0.25) is 14.4 Å². The van der Waals surface area contributed by atoms with E-state index >= 15 is 0 Å². The van der Waals surface area contributed by atoms with Gasteiger partial charge < -0.3 is 15.5 Å². The molecule has 1 aliphatic rings. The highest BCUT2D eigenvalue weighted by Gasteiger charge is 2.35. The lowest BCUT2D eigenvalue weighted by molar-refractivity contribution is -0.122. The lowest BCUT2D eigenvalue weighted by Gasteiger charge is -2.17. The number of carbonyl (C=O) groups is 3. The molecular formula is C21H23N3O3. The normalized spacial score (nSPS) is 16.3. The minimum Gasteiger partial charge on any atom is -0.352 e. The van der Waals surface area contributed by atoms with Crippen LogP contribution in [0.5, 0.6) is 0 Å². The Kier molecular flexibility index (Phi) is 5.86. The zero-order valence-electron chi connectivity index (χ0n) is 15.3. The third-order valence-electron chi connectivity index (χ3n) is 4.53. The van der Waals surface area contributed by atoms with Gasteiger partial charge in [0.25, 0.3) is 5.91 Å². The Hall–Kier alpha value is -3.15. The average molecular weight is 365 g/mol. The number of hydrogen-bond donors (Lipinski definition) is 2. The van der Waals surface area contributed by atoms with Crippen LogP contribution in [0, 0.1) is 5.92 Å². The van der Waals surface area contributed by atoms with Crippen LogP contribution in [0.2, 0.25) is 0 Å². The molecule has 2 N–H and O–H groups in total. The van der Waals surface area contributed by atoms with E-state index in [1.54, 1.807) is 29.2 Å². The maximum atomic E-state index is 12.7. The van der Waals surface area contributed by atoms with Crippen molar-refractivity contribution >= 4 is 29.1 Å². The van der Waals surface area contributed by atoms with Gasteiger partial charge in [-0.1, -0.05) is 37.3 Å². The largest absolute Gasteiger partial charge is 0.352 e.